The topological polar surface area (TPSA) is 40.5 Å². The van der Waals surface area contributed by atoms with E-state index >= 15 is 0 Å². The van der Waals surface area contributed by atoms with Gasteiger partial charge < -0.3 is 10.0 Å². The van der Waals surface area contributed by atoms with E-state index in [9.17, 15) is 9.90 Å². The summed E-state index contributed by atoms with van der Waals surface area (Å²) in [6, 6.07) is 19.9. The van der Waals surface area contributed by atoms with E-state index < -0.39 is 11.5 Å². The number of benzene rings is 2. The summed E-state index contributed by atoms with van der Waals surface area (Å²) in [6.45, 7) is 2.07. The predicted molar refractivity (Wildman–Crippen MR) is 83.4 cm³/mol. The van der Waals surface area contributed by atoms with Crippen molar-refractivity contribution < 1.29 is 9.90 Å². The van der Waals surface area contributed by atoms with E-state index in [2.05, 4.69) is 24.0 Å². The molecule has 21 heavy (non-hydrogen) atoms. The van der Waals surface area contributed by atoms with Gasteiger partial charge in [-0.1, -0.05) is 48.5 Å². The van der Waals surface area contributed by atoms with Gasteiger partial charge in [-0.2, -0.15) is 0 Å². The van der Waals surface area contributed by atoms with Crippen molar-refractivity contribution in [3.63, 3.8) is 0 Å². The molecule has 2 aromatic carbocycles. The molecule has 1 saturated carbocycles. The second kappa shape index (κ2) is 5.24. The number of carboxylic acid groups (broad SMARTS) is 1. The van der Waals surface area contributed by atoms with Crippen molar-refractivity contribution in [2.45, 2.75) is 31.3 Å². The quantitative estimate of drug-likeness (QED) is 0.904. The van der Waals surface area contributed by atoms with Gasteiger partial charge in [0.2, 0.25) is 0 Å². The molecule has 0 bridgehead atoms. The van der Waals surface area contributed by atoms with E-state index in [-0.39, 0.29) is 6.04 Å². The first kappa shape index (κ1) is 13.7. The number of nitrogens with zero attached hydrogens (tertiary/aromatic N) is 1. The van der Waals surface area contributed by atoms with Crippen molar-refractivity contribution in [3.05, 3.63) is 66.2 Å². The molecule has 0 heterocycles. The lowest BCUT2D eigenvalue weighted by molar-refractivity contribution is -0.139. The van der Waals surface area contributed by atoms with Gasteiger partial charge in [-0.3, -0.25) is 0 Å². The number of para-hydroxylation sites is 1. The fourth-order valence-corrected chi connectivity index (χ4v) is 2.99. The van der Waals surface area contributed by atoms with Gasteiger partial charge in [0, 0.05) is 5.69 Å². The average Bonchev–Trinajstić information content (AvgIpc) is 3.31. The third-order valence-electron chi connectivity index (χ3n) is 4.29. The van der Waals surface area contributed by atoms with Crippen LogP contribution in [0.5, 0.6) is 0 Å². The molecule has 0 amide bonds. The highest BCUT2D eigenvalue weighted by Gasteiger charge is 2.56. The highest BCUT2D eigenvalue weighted by molar-refractivity contribution is 5.87. The number of hydrogen-bond acceptors (Lipinski definition) is 2. The van der Waals surface area contributed by atoms with Crippen molar-refractivity contribution in [1.82, 2.24) is 0 Å². The molecular weight excluding hydrogens is 262 g/mol. The average molecular weight is 281 g/mol. The number of rotatable bonds is 5. The van der Waals surface area contributed by atoms with Crippen LogP contribution in [0.2, 0.25) is 0 Å². The number of carboxylic acids is 1. The van der Waals surface area contributed by atoms with Gasteiger partial charge in [-0.25, -0.2) is 4.79 Å². The fourth-order valence-electron chi connectivity index (χ4n) is 2.99. The Bertz CT molecular complexity index is 620. The third-order valence-corrected chi connectivity index (χ3v) is 4.29. The lowest BCUT2D eigenvalue weighted by Crippen LogP contribution is -2.45. The summed E-state index contributed by atoms with van der Waals surface area (Å²) in [6.07, 6.45) is 1.41. The Labute approximate surface area is 124 Å². The second-order valence-corrected chi connectivity index (χ2v) is 5.63. The Morgan fingerprint density at radius 2 is 1.57 bits per heavy atom. The van der Waals surface area contributed by atoms with E-state index in [1.807, 2.05) is 48.5 Å². The number of carbonyl (C=O) groups is 1. The van der Waals surface area contributed by atoms with Crippen molar-refractivity contribution in [2.24, 2.45) is 0 Å². The summed E-state index contributed by atoms with van der Waals surface area (Å²) < 4.78 is 0. The van der Waals surface area contributed by atoms with Crippen molar-refractivity contribution in [1.29, 1.82) is 0 Å². The second-order valence-electron chi connectivity index (χ2n) is 5.63. The summed E-state index contributed by atoms with van der Waals surface area (Å²) in [5, 5.41) is 9.69. The van der Waals surface area contributed by atoms with E-state index in [1.165, 1.54) is 0 Å². The molecule has 1 aliphatic rings. The minimum Gasteiger partial charge on any atom is -0.479 e. The number of anilines is 1. The predicted octanol–water partition coefficient (Wildman–Crippen LogP) is 3.87. The van der Waals surface area contributed by atoms with Gasteiger partial charge in [0.1, 0.15) is 5.54 Å². The Morgan fingerprint density at radius 3 is 2.05 bits per heavy atom. The molecule has 0 spiro atoms. The molecule has 1 N–H and O–H groups in total. The van der Waals surface area contributed by atoms with Gasteiger partial charge >= 0.3 is 5.97 Å². The molecule has 2 aromatic rings. The zero-order chi connectivity index (χ0) is 14.9. The summed E-state index contributed by atoms with van der Waals surface area (Å²) in [5.74, 6) is -0.728. The van der Waals surface area contributed by atoms with Crippen LogP contribution >= 0.6 is 0 Å². The highest BCUT2D eigenvalue weighted by Crippen LogP contribution is 2.48. The van der Waals surface area contributed by atoms with E-state index in [4.69, 9.17) is 0 Å². The zero-order valence-electron chi connectivity index (χ0n) is 12.1. The van der Waals surface area contributed by atoms with Crippen LogP contribution in [0.3, 0.4) is 0 Å². The Morgan fingerprint density at radius 1 is 1.05 bits per heavy atom. The molecule has 1 aliphatic carbocycles. The molecule has 1 fully saturated rings. The summed E-state index contributed by atoms with van der Waals surface area (Å²) >= 11 is 0. The molecule has 0 aromatic heterocycles. The number of hydrogen-bond donors (Lipinski definition) is 1. The molecule has 0 aliphatic heterocycles. The minimum atomic E-state index is -0.753. The first-order valence-corrected chi connectivity index (χ1v) is 7.28. The molecule has 0 saturated heterocycles. The van der Waals surface area contributed by atoms with Gasteiger partial charge in [0.15, 0.2) is 0 Å². The Balaban J connectivity index is 2.03. The molecule has 1 unspecified atom stereocenters. The normalized spacial score (nSPS) is 17.0. The van der Waals surface area contributed by atoms with Crippen LogP contribution in [0.25, 0.3) is 0 Å². The van der Waals surface area contributed by atoms with Crippen LogP contribution in [0.4, 0.5) is 5.69 Å². The fraction of sp³-hybridized carbons (Fsp3) is 0.278. The SMILES string of the molecule is CC(c1ccccc1)N(c1ccccc1)C1(C(=O)O)CC1. The molecular formula is C18H19NO2. The van der Waals surface area contributed by atoms with Crippen LogP contribution in [-0.4, -0.2) is 16.6 Å². The maximum atomic E-state index is 11.8. The molecule has 3 rings (SSSR count). The summed E-state index contributed by atoms with van der Waals surface area (Å²) in [5.41, 5.74) is 1.35. The first-order valence-electron chi connectivity index (χ1n) is 7.28. The van der Waals surface area contributed by atoms with Crippen molar-refractivity contribution >= 4 is 11.7 Å². The minimum absolute atomic E-state index is 0.0206. The van der Waals surface area contributed by atoms with Gasteiger partial charge in [-0.15, -0.1) is 0 Å². The molecule has 3 nitrogen and oxygen atoms in total. The van der Waals surface area contributed by atoms with Gasteiger partial charge in [0.25, 0.3) is 0 Å². The van der Waals surface area contributed by atoms with Gasteiger partial charge in [0.05, 0.1) is 6.04 Å². The monoisotopic (exact) mass is 281 g/mol. The highest BCUT2D eigenvalue weighted by atomic mass is 16.4. The maximum absolute atomic E-state index is 11.8. The molecule has 3 heteroatoms. The lowest BCUT2D eigenvalue weighted by atomic mass is 10.0. The zero-order valence-corrected chi connectivity index (χ0v) is 12.1. The van der Waals surface area contributed by atoms with Crippen LogP contribution in [0.1, 0.15) is 31.4 Å². The van der Waals surface area contributed by atoms with E-state index in [0.29, 0.717) is 12.8 Å². The Hall–Kier alpha value is -2.29. The lowest BCUT2D eigenvalue weighted by Gasteiger charge is -2.37. The van der Waals surface area contributed by atoms with Crippen LogP contribution in [0, 0.1) is 0 Å². The Kier molecular flexibility index (Phi) is 3.42. The van der Waals surface area contributed by atoms with Crippen LogP contribution in [0.15, 0.2) is 60.7 Å². The molecule has 0 radical (unpaired) electrons. The van der Waals surface area contributed by atoms with Crippen molar-refractivity contribution in [3.8, 4) is 0 Å². The smallest absolute Gasteiger partial charge is 0.329 e. The summed E-state index contributed by atoms with van der Waals surface area (Å²) in [4.78, 5) is 13.9. The first-order chi connectivity index (χ1) is 10.1. The van der Waals surface area contributed by atoms with Crippen LogP contribution in [-0.2, 0) is 4.79 Å². The maximum Gasteiger partial charge on any atom is 0.329 e. The summed E-state index contributed by atoms with van der Waals surface area (Å²) in [7, 11) is 0. The van der Waals surface area contributed by atoms with Crippen molar-refractivity contribution in [2.75, 3.05) is 4.90 Å². The largest absolute Gasteiger partial charge is 0.479 e. The molecule has 108 valence electrons. The van der Waals surface area contributed by atoms with Gasteiger partial charge in [-0.05, 0) is 37.5 Å². The van der Waals surface area contributed by atoms with Crippen LogP contribution < -0.4 is 4.90 Å². The third kappa shape index (κ3) is 2.40. The standard InChI is InChI=1S/C18H19NO2/c1-14(15-8-4-2-5-9-15)19(16-10-6-3-7-11-16)18(12-13-18)17(20)21/h2-11,14H,12-13H2,1H3,(H,20,21). The van der Waals surface area contributed by atoms with E-state index in [0.717, 1.165) is 11.3 Å². The molecule has 1 atom stereocenters. The number of aliphatic carboxylic acids is 1. The van der Waals surface area contributed by atoms with E-state index in [1.54, 1.807) is 0 Å².